The highest BCUT2D eigenvalue weighted by molar-refractivity contribution is 6.30. The van der Waals surface area contributed by atoms with Gasteiger partial charge in [0.25, 0.3) is 0 Å². The molecule has 0 aliphatic carbocycles. The number of carbonyl (C=O) groups is 1. The van der Waals surface area contributed by atoms with E-state index in [2.05, 4.69) is 5.32 Å². The summed E-state index contributed by atoms with van der Waals surface area (Å²) in [6.07, 6.45) is -3.84. The van der Waals surface area contributed by atoms with Gasteiger partial charge in [0.1, 0.15) is 5.60 Å². The van der Waals surface area contributed by atoms with Crippen LogP contribution in [-0.4, -0.2) is 23.0 Å². The number of nitrogens with one attached hydrogen (secondary N) is 1. The van der Waals surface area contributed by atoms with E-state index in [1.165, 1.54) is 49.4 Å². The van der Waals surface area contributed by atoms with E-state index in [1.54, 1.807) is 20.8 Å². The summed E-state index contributed by atoms with van der Waals surface area (Å²) in [5.41, 5.74) is -3.27. The molecule has 0 bridgehead atoms. The van der Waals surface area contributed by atoms with Crippen LogP contribution in [0.1, 0.15) is 37.5 Å². The SMILES string of the molecule is Cc1cc(C(O)(C=Cc2ccc(Cl)cc2)C(F)(F)F)ccc1NC(=O)OC(C)(C)C. The minimum absolute atomic E-state index is 0.277. The van der Waals surface area contributed by atoms with Crippen LogP contribution in [-0.2, 0) is 10.3 Å². The second-order valence-electron chi connectivity index (χ2n) is 7.81. The highest BCUT2D eigenvalue weighted by atomic mass is 35.5. The Morgan fingerprint density at radius 2 is 1.70 bits per heavy atom. The van der Waals surface area contributed by atoms with Gasteiger partial charge in [-0.2, -0.15) is 13.2 Å². The third-order valence-electron chi connectivity index (χ3n) is 4.12. The standard InChI is InChI=1S/C22H23ClF3NO3/c1-14-13-16(7-10-18(14)27-19(28)30-20(2,3)4)21(29,22(24,25)26)12-11-15-5-8-17(23)9-6-15/h5-13,29H,1-4H3,(H,27,28). The molecule has 0 radical (unpaired) electrons. The Balaban J connectivity index is 2.35. The number of hydrogen-bond donors (Lipinski definition) is 2. The molecular weight excluding hydrogens is 419 g/mol. The Morgan fingerprint density at radius 3 is 2.20 bits per heavy atom. The molecule has 0 saturated heterocycles. The molecule has 1 amide bonds. The van der Waals surface area contributed by atoms with E-state index < -0.39 is 23.5 Å². The first-order valence-corrected chi connectivity index (χ1v) is 9.44. The van der Waals surface area contributed by atoms with Crippen LogP contribution in [0.2, 0.25) is 5.02 Å². The third kappa shape index (κ3) is 6.00. The van der Waals surface area contributed by atoms with Crippen molar-refractivity contribution in [1.82, 2.24) is 0 Å². The van der Waals surface area contributed by atoms with Crippen LogP contribution < -0.4 is 5.32 Å². The van der Waals surface area contributed by atoms with Gasteiger partial charge < -0.3 is 9.84 Å². The average molecular weight is 442 g/mol. The molecule has 2 aromatic rings. The molecule has 2 rings (SSSR count). The van der Waals surface area contributed by atoms with Gasteiger partial charge in [0, 0.05) is 10.7 Å². The molecule has 0 heterocycles. The molecule has 162 valence electrons. The average Bonchev–Trinajstić information content (AvgIpc) is 2.60. The van der Waals surface area contributed by atoms with E-state index in [1.807, 2.05) is 0 Å². The minimum atomic E-state index is -4.97. The van der Waals surface area contributed by atoms with E-state index in [0.29, 0.717) is 22.2 Å². The van der Waals surface area contributed by atoms with Gasteiger partial charge in [0.15, 0.2) is 0 Å². The maximum Gasteiger partial charge on any atom is 0.425 e. The van der Waals surface area contributed by atoms with Crippen molar-refractivity contribution in [2.75, 3.05) is 5.32 Å². The summed E-state index contributed by atoms with van der Waals surface area (Å²) in [6.45, 7) is 6.60. The number of aliphatic hydroxyl groups is 1. The predicted octanol–water partition coefficient (Wildman–Crippen LogP) is 6.46. The van der Waals surface area contributed by atoms with Gasteiger partial charge in [-0.15, -0.1) is 0 Å². The summed E-state index contributed by atoms with van der Waals surface area (Å²) in [4.78, 5) is 11.9. The largest absolute Gasteiger partial charge is 0.444 e. The lowest BCUT2D eigenvalue weighted by molar-refractivity contribution is -0.244. The molecular formula is C22H23ClF3NO3. The van der Waals surface area contributed by atoms with Crippen LogP contribution in [0.3, 0.4) is 0 Å². The molecule has 0 saturated carbocycles. The van der Waals surface area contributed by atoms with Crippen LogP contribution in [0.15, 0.2) is 48.5 Å². The number of ether oxygens (including phenoxy) is 1. The summed E-state index contributed by atoms with van der Waals surface area (Å²) in [6, 6.07) is 9.72. The molecule has 8 heteroatoms. The maximum atomic E-state index is 13.8. The van der Waals surface area contributed by atoms with Crippen molar-refractivity contribution in [2.24, 2.45) is 0 Å². The van der Waals surface area contributed by atoms with Crippen molar-refractivity contribution < 1.29 is 27.8 Å². The van der Waals surface area contributed by atoms with Gasteiger partial charge in [0.05, 0.1) is 0 Å². The van der Waals surface area contributed by atoms with E-state index in [0.717, 1.165) is 6.07 Å². The zero-order chi connectivity index (χ0) is 22.7. The molecule has 0 spiro atoms. The first-order chi connectivity index (χ1) is 13.7. The quantitative estimate of drug-likeness (QED) is 0.572. The Kier molecular flexibility index (Phi) is 6.89. The second-order valence-corrected chi connectivity index (χ2v) is 8.24. The molecule has 0 fully saturated rings. The zero-order valence-corrected chi connectivity index (χ0v) is 17.7. The van der Waals surface area contributed by atoms with Crippen LogP contribution in [0.5, 0.6) is 0 Å². The molecule has 0 aliphatic heterocycles. The van der Waals surface area contributed by atoms with Crippen molar-refractivity contribution in [1.29, 1.82) is 0 Å². The van der Waals surface area contributed by atoms with Crippen LogP contribution in [0.4, 0.5) is 23.7 Å². The van der Waals surface area contributed by atoms with E-state index in [-0.39, 0.29) is 11.3 Å². The summed E-state index contributed by atoms with van der Waals surface area (Å²) >= 11 is 5.78. The molecule has 2 aromatic carbocycles. The smallest absolute Gasteiger partial charge is 0.425 e. The third-order valence-corrected chi connectivity index (χ3v) is 4.37. The van der Waals surface area contributed by atoms with Crippen molar-refractivity contribution in [3.8, 4) is 0 Å². The number of benzene rings is 2. The highest BCUT2D eigenvalue weighted by Gasteiger charge is 2.53. The molecule has 4 nitrogen and oxygen atoms in total. The number of amides is 1. The lowest BCUT2D eigenvalue weighted by Gasteiger charge is -2.29. The highest BCUT2D eigenvalue weighted by Crippen LogP contribution is 2.41. The van der Waals surface area contributed by atoms with Crippen molar-refractivity contribution in [3.63, 3.8) is 0 Å². The van der Waals surface area contributed by atoms with Gasteiger partial charge in [-0.1, -0.05) is 41.9 Å². The monoisotopic (exact) mass is 441 g/mol. The Labute approximate surface area is 178 Å². The fourth-order valence-corrected chi connectivity index (χ4v) is 2.73. The summed E-state index contributed by atoms with van der Waals surface area (Å²) < 4.78 is 46.5. The topological polar surface area (TPSA) is 58.6 Å². The Hall–Kier alpha value is -2.51. The molecule has 0 aromatic heterocycles. The molecule has 30 heavy (non-hydrogen) atoms. The zero-order valence-electron chi connectivity index (χ0n) is 17.0. The normalized spacial score (nSPS) is 14.4. The van der Waals surface area contributed by atoms with Crippen molar-refractivity contribution in [2.45, 2.75) is 45.1 Å². The van der Waals surface area contributed by atoms with E-state index in [9.17, 15) is 23.1 Å². The van der Waals surface area contributed by atoms with Crippen LogP contribution in [0.25, 0.3) is 6.08 Å². The Morgan fingerprint density at radius 1 is 1.10 bits per heavy atom. The van der Waals surface area contributed by atoms with E-state index >= 15 is 0 Å². The maximum absolute atomic E-state index is 13.8. The lowest BCUT2D eigenvalue weighted by atomic mass is 9.90. The van der Waals surface area contributed by atoms with E-state index in [4.69, 9.17) is 16.3 Å². The van der Waals surface area contributed by atoms with Crippen molar-refractivity contribution >= 4 is 29.5 Å². The Bertz CT molecular complexity index is 934. The van der Waals surface area contributed by atoms with Crippen molar-refractivity contribution in [3.05, 3.63) is 70.3 Å². The number of alkyl halides is 3. The van der Waals surface area contributed by atoms with Crippen LogP contribution >= 0.6 is 11.6 Å². The first kappa shape index (κ1) is 23.8. The lowest BCUT2D eigenvalue weighted by Crippen LogP contribution is -2.40. The van der Waals surface area contributed by atoms with Gasteiger partial charge in [0.2, 0.25) is 5.60 Å². The number of carbonyl (C=O) groups excluding carboxylic acids is 1. The summed E-state index contributed by atoms with van der Waals surface area (Å²) in [5, 5.41) is 13.5. The molecule has 1 atom stereocenters. The number of aryl methyl sites for hydroxylation is 1. The van der Waals surface area contributed by atoms with Gasteiger partial charge >= 0.3 is 12.3 Å². The second kappa shape index (κ2) is 8.70. The van der Waals surface area contributed by atoms with Gasteiger partial charge in [-0.25, -0.2) is 4.79 Å². The molecule has 0 aliphatic rings. The van der Waals surface area contributed by atoms with Gasteiger partial charge in [-0.3, -0.25) is 5.32 Å². The summed E-state index contributed by atoms with van der Waals surface area (Å²) in [5.74, 6) is 0. The number of rotatable bonds is 4. The minimum Gasteiger partial charge on any atom is -0.444 e. The number of halogens is 4. The fourth-order valence-electron chi connectivity index (χ4n) is 2.60. The molecule has 2 N–H and O–H groups in total. The fraction of sp³-hybridized carbons (Fsp3) is 0.318. The molecule has 1 unspecified atom stereocenters. The van der Waals surface area contributed by atoms with Gasteiger partial charge in [-0.05, 0) is 68.7 Å². The first-order valence-electron chi connectivity index (χ1n) is 9.06. The van der Waals surface area contributed by atoms with Crippen LogP contribution in [0, 0.1) is 6.92 Å². The predicted molar refractivity (Wildman–Crippen MR) is 111 cm³/mol. The number of anilines is 1. The summed E-state index contributed by atoms with van der Waals surface area (Å²) in [7, 11) is 0. The number of hydrogen-bond acceptors (Lipinski definition) is 3.